The predicted molar refractivity (Wildman–Crippen MR) is 104 cm³/mol. The summed E-state index contributed by atoms with van der Waals surface area (Å²) < 4.78 is 11.3. The zero-order chi connectivity index (χ0) is 18.8. The molecule has 0 spiro atoms. The van der Waals surface area contributed by atoms with E-state index in [0.717, 1.165) is 21.5 Å². The van der Waals surface area contributed by atoms with E-state index in [1.165, 1.54) is 11.3 Å². The number of carbonyl (C=O) groups is 1. The third-order valence-corrected chi connectivity index (χ3v) is 5.13. The SMILES string of the molecule is COc1ccc2nc(N(Cc3ccccc3)C(=O)c3cc(C)on3)sc2c1. The number of amides is 1. The summed E-state index contributed by atoms with van der Waals surface area (Å²) in [6.07, 6.45) is 0. The van der Waals surface area contributed by atoms with E-state index >= 15 is 0 Å². The Morgan fingerprint density at radius 1 is 1.19 bits per heavy atom. The van der Waals surface area contributed by atoms with E-state index in [1.54, 1.807) is 25.0 Å². The molecule has 0 fully saturated rings. The van der Waals surface area contributed by atoms with Gasteiger partial charge in [-0.25, -0.2) is 4.98 Å². The third-order valence-electron chi connectivity index (χ3n) is 4.09. The number of hydrogen-bond acceptors (Lipinski definition) is 6. The number of thiazole rings is 1. The Morgan fingerprint density at radius 3 is 2.70 bits per heavy atom. The van der Waals surface area contributed by atoms with Gasteiger partial charge >= 0.3 is 0 Å². The first kappa shape index (κ1) is 17.2. The number of nitrogens with zero attached hydrogens (tertiary/aromatic N) is 3. The lowest BCUT2D eigenvalue weighted by atomic mass is 10.2. The highest BCUT2D eigenvalue weighted by atomic mass is 32.1. The van der Waals surface area contributed by atoms with Gasteiger partial charge in [0.25, 0.3) is 5.91 Å². The molecule has 136 valence electrons. The van der Waals surface area contributed by atoms with Gasteiger partial charge in [-0.3, -0.25) is 9.69 Å². The predicted octanol–water partition coefficient (Wildman–Crippen LogP) is 4.45. The second-order valence-corrected chi connectivity index (χ2v) is 7.04. The molecule has 2 aromatic heterocycles. The van der Waals surface area contributed by atoms with Gasteiger partial charge in [-0.15, -0.1) is 0 Å². The number of methoxy groups -OCH3 is 1. The minimum atomic E-state index is -0.248. The lowest BCUT2D eigenvalue weighted by molar-refractivity contribution is 0.0976. The summed E-state index contributed by atoms with van der Waals surface area (Å²) in [5.41, 5.74) is 2.08. The van der Waals surface area contributed by atoms with Crippen LogP contribution in [0.25, 0.3) is 10.2 Å². The quantitative estimate of drug-likeness (QED) is 0.512. The molecule has 1 amide bonds. The van der Waals surface area contributed by atoms with Crippen molar-refractivity contribution in [2.75, 3.05) is 12.0 Å². The molecule has 4 aromatic rings. The molecule has 7 heteroatoms. The molecule has 27 heavy (non-hydrogen) atoms. The summed E-state index contributed by atoms with van der Waals surface area (Å²) in [5, 5.41) is 4.48. The molecule has 0 N–H and O–H groups in total. The fourth-order valence-corrected chi connectivity index (χ4v) is 3.72. The van der Waals surface area contributed by atoms with Crippen molar-refractivity contribution in [3.05, 3.63) is 71.6 Å². The molecule has 0 aliphatic heterocycles. The van der Waals surface area contributed by atoms with Gasteiger partial charge in [0.05, 0.1) is 23.9 Å². The fourth-order valence-electron chi connectivity index (χ4n) is 2.73. The fraction of sp³-hybridized carbons (Fsp3) is 0.150. The Kier molecular flexibility index (Phi) is 4.60. The average Bonchev–Trinajstić information content (AvgIpc) is 3.31. The summed E-state index contributed by atoms with van der Waals surface area (Å²) in [4.78, 5) is 19.4. The van der Waals surface area contributed by atoms with Crippen LogP contribution in [-0.4, -0.2) is 23.2 Å². The molecule has 0 unspecified atom stereocenters. The minimum Gasteiger partial charge on any atom is -0.497 e. The van der Waals surface area contributed by atoms with Crippen molar-refractivity contribution in [2.24, 2.45) is 0 Å². The van der Waals surface area contributed by atoms with Crippen LogP contribution in [0, 0.1) is 6.92 Å². The highest BCUT2D eigenvalue weighted by Gasteiger charge is 2.24. The van der Waals surface area contributed by atoms with Crippen LogP contribution in [0.1, 0.15) is 21.8 Å². The maximum absolute atomic E-state index is 13.1. The molecule has 0 aliphatic carbocycles. The molecular weight excluding hydrogens is 362 g/mol. The minimum absolute atomic E-state index is 0.248. The molecule has 6 nitrogen and oxygen atoms in total. The molecule has 0 radical (unpaired) electrons. The Hall–Kier alpha value is -3.19. The highest BCUT2D eigenvalue weighted by Crippen LogP contribution is 2.33. The summed E-state index contributed by atoms with van der Waals surface area (Å²) >= 11 is 1.44. The van der Waals surface area contributed by atoms with Crippen molar-refractivity contribution in [2.45, 2.75) is 13.5 Å². The van der Waals surface area contributed by atoms with Crippen molar-refractivity contribution >= 4 is 32.6 Å². The van der Waals surface area contributed by atoms with E-state index in [0.29, 0.717) is 17.4 Å². The van der Waals surface area contributed by atoms with Crippen molar-refractivity contribution in [1.82, 2.24) is 10.1 Å². The summed E-state index contributed by atoms with van der Waals surface area (Å²) in [6, 6.07) is 17.1. The van der Waals surface area contributed by atoms with Gasteiger partial charge in [-0.1, -0.05) is 46.8 Å². The number of fused-ring (bicyclic) bond motifs is 1. The van der Waals surface area contributed by atoms with E-state index in [1.807, 2.05) is 48.5 Å². The van der Waals surface area contributed by atoms with E-state index in [4.69, 9.17) is 9.26 Å². The molecule has 4 rings (SSSR count). The molecular formula is C20H17N3O3S. The number of rotatable bonds is 5. The van der Waals surface area contributed by atoms with Gasteiger partial charge in [0.1, 0.15) is 11.5 Å². The zero-order valence-electron chi connectivity index (χ0n) is 14.9. The van der Waals surface area contributed by atoms with Gasteiger partial charge in [0, 0.05) is 6.07 Å². The van der Waals surface area contributed by atoms with Crippen LogP contribution in [0.5, 0.6) is 5.75 Å². The van der Waals surface area contributed by atoms with Gasteiger partial charge in [-0.2, -0.15) is 0 Å². The molecule has 0 bridgehead atoms. The Labute approximate surface area is 160 Å². The van der Waals surface area contributed by atoms with Crippen LogP contribution >= 0.6 is 11.3 Å². The Balaban J connectivity index is 1.75. The lowest BCUT2D eigenvalue weighted by Gasteiger charge is -2.18. The molecule has 0 atom stereocenters. The first-order chi connectivity index (χ1) is 13.1. The van der Waals surface area contributed by atoms with Crippen LogP contribution < -0.4 is 9.64 Å². The summed E-state index contributed by atoms with van der Waals surface area (Å²) in [5.74, 6) is 1.10. The second-order valence-electron chi connectivity index (χ2n) is 6.03. The lowest BCUT2D eigenvalue weighted by Crippen LogP contribution is -2.30. The van der Waals surface area contributed by atoms with Crippen LogP contribution in [0.4, 0.5) is 5.13 Å². The number of carbonyl (C=O) groups excluding carboxylic acids is 1. The van der Waals surface area contributed by atoms with Gasteiger partial charge in [-0.05, 0) is 30.7 Å². The van der Waals surface area contributed by atoms with Crippen molar-refractivity contribution in [3.63, 3.8) is 0 Å². The number of anilines is 1. The number of aryl methyl sites for hydroxylation is 1. The smallest absolute Gasteiger partial charge is 0.282 e. The number of ether oxygens (including phenoxy) is 1. The Morgan fingerprint density at radius 2 is 2.00 bits per heavy atom. The molecule has 2 heterocycles. The molecule has 0 saturated carbocycles. The average molecular weight is 379 g/mol. The monoisotopic (exact) mass is 379 g/mol. The number of benzene rings is 2. The van der Waals surface area contributed by atoms with E-state index in [-0.39, 0.29) is 11.6 Å². The maximum atomic E-state index is 13.1. The third kappa shape index (κ3) is 3.54. The van der Waals surface area contributed by atoms with Crippen LogP contribution in [0.15, 0.2) is 59.1 Å². The van der Waals surface area contributed by atoms with E-state index < -0.39 is 0 Å². The second kappa shape index (κ2) is 7.20. The van der Waals surface area contributed by atoms with Crippen molar-refractivity contribution < 1.29 is 14.1 Å². The van der Waals surface area contributed by atoms with Crippen molar-refractivity contribution in [1.29, 1.82) is 0 Å². The van der Waals surface area contributed by atoms with E-state index in [2.05, 4.69) is 10.1 Å². The first-order valence-corrected chi connectivity index (χ1v) is 9.19. The summed E-state index contributed by atoms with van der Waals surface area (Å²) in [7, 11) is 1.63. The molecule has 0 saturated heterocycles. The van der Waals surface area contributed by atoms with Crippen molar-refractivity contribution in [3.8, 4) is 5.75 Å². The molecule has 0 aliphatic rings. The van der Waals surface area contributed by atoms with Gasteiger partial charge in [0.2, 0.25) is 0 Å². The van der Waals surface area contributed by atoms with Crippen LogP contribution in [0.3, 0.4) is 0 Å². The molecule has 2 aromatic carbocycles. The van der Waals surface area contributed by atoms with Crippen LogP contribution in [0.2, 0.25) is 0 Å². The maximum Gasteiger partial charge on any atom is 0.282 e. The number of hydrogen-bond donors (Lipinski definition) is 0. The van der Waals surface area contributed by atoms with Crippen LogP contribution in [-0.2, 0) is 6.54 Å². The highest BCUT2D eigenvalue weighted by molar-refractivity contribution is 7.22. The zero-order valence-corrected chi connectivity index (χ0v) is 15.7. The standard InChI is InChI=1S/C20H17N3O3S/c1-13-10-17(22-26-13)19(24)23(12-14-6-4-3-5-7-14)20-21-16-9-8-15(25-2)11-18(16)27-20/h3-11H,12H2,1-2H3. The first-order valence-electron chi connectivity index (χ1n) is 8.38. The van der Waals surface area contributed by atoms with E-state index in [9.17, 15) is 4.79 Å². The summed E-state index contributed by atoms with van der Waals surface area (Å²) in [6.45, 7) is 2.15. The Bertz CT molecular complexity index is 1090. The van der Waals surface area contributed by atoms with Gasteiger partial charge in [0.15, 0.2) is 10.8 Å². The topological polar surface area (TPSA) is 68.5 Å². The van der Waals surface area contributed by atoms with Gasteiger partial charge < -0.3 is 9.26 Å². The number of aromatic nitrogens is 2. The largest absolute Gasteiger partial charge is 0.497 e. The normalized spacial score (nSPS) is 10.9.